The van der Waals surface area contributed by atoms with E-state index in [0.29, 0.717) is 18.4 Å². The van der Waals surface area contributed by atoms with Crippen LogP contribution in [0.25, 0.3) is 0 Å². The molecule has 2 saturated heterocycles. The van der Waals surface area contributed by atoms with Crippen molar-refractivity contribution in [3.8, 4) is 0 Å². The number of hydrogen-bond acceptors (Lipinski definition) is 3. The first kappa shape index (κ1) is 18.2. The molecule has 21 heavy (non-hydrogen) atoms. The second kappa shape index (κ2) is 8.57. The number of aromatic nitrogens is 1. The van der Waals surface area contributed by atoms with Gasteiger partial charge in [-0.15, -0.1) is 24.8 Å². The van der Waals surface area contributed by atoms with Gasteiger partial charge in [-0.3, -0.25) is 9.78 Å². The van der Waals surface area contributed by atoms with Crippen LogP contribution in [0.15, 0.2) is 24.4 Å². The highest BCUT2D eigenvalue weighted by Gasteiger charge is 2.32. The maximum absolute atomic E-state index is 12.3. The van der Waals surface area contributed by atoms with Gasteiger partial charge < -0.3 is 10.2 Å². The van der Waals surface area contributed by atoms with Crippen molar-refractivity contribution in [3.05, 3.63) is 30.1 Å². The average Bonchev–Trinajstić information content (AvgIpc) is 2.48. The molecule has 2 aliphatic heterocycles. The lowest BCUT2D eigenvalue weighted by atomic mass is 9.85. The van der Waals surface area contributed by atoms with Crippen molar-refractivity contribution in [1.82, 2.24) is 15.2 Å². The molecule has 3 heterocycles. The SMILES string of the molecule is Cl.Cl.O=C(Cc1ccccn1)N1CC[C@@H]2NCCC[C@@H]2C1. The lowest BCUT2D eigenvalue weighted by Crippen LogP contribution is -2.53. The Labute approximate surface area is 138 Å². The Kier molecular flexibility index (Phi) is 7.43. The number of amides is 1. The van der Waals surface area contributed by atoms with Gasteiger partial charge in [0.15, 0.2) is 0 Å². The number of rotatable bonds is 2. The third kappa shape index (κ3) is 4.56. The number of carbonyl (C=O) groups excluding carboxylic acids is 1. The summed E-state index contributed by atoms with van der Waals surface area (Å²) in [5.74, 6) is 0.873. The highest BCUT2D eigenvalue weighted by atomic mass is 35.5. The van der Waals surface area contributed by atoms with Crippen molar-refractivity contribution in [2.45, 2.75) is 31.7 Å². The fourth-order valence-electron chi connectivity index (χ4n) is 3.24. The maximum Gasteiger partial charge on any atom is 0.228 e. The molecule has 6 heteroatoms. The first-order valence-corrected chi connectivity index (χ1v) is 7.24. The molecule has 2 atom stereocenters. The summed E-state index contributed by atoms with van der Waals surface area (Å²) in [6, 6.07) is 6.38. The zero-order chi connectivity index (χ0) is 13.1. The van der Waals surface area contributed by atoms with Crippen molar-refractivity contribution < 1.29 is 4.79 Å². The van der Waals surface area contributed by atoms with Gasteiger partial charge in [-0.25, -0.2) is 0 Å². The van der Waals surface area contributed by atoms with Gasteiger partial charge >= 0.3 is 0 Å². The second-order valence-electron chi connectivity index (χ2n) is 5.59. The van der Waals surface area contributed by atoms with Crippen LogP contribution in [-0.2, 0) is 11.2 Å². The largest absolute Gasteiger partial charge is 0.342 e. The molecule has 0 radical (unpaired) electrons. The second-order valence-corrected chi connectivity index (χ2v) is 5.59. The van der Waals surface area contributed by atoms with Crippen LogP contribution in [0.1, 0.15) is 25.0 Å². The molecular formula is C15H23Cl2N3O. The van der Waals surface area contributed by atoms with E-state index in [-0.39, 0.29) is 30.7 Å². The van der Waals surface area contributed by atoms with E-state index < -0.39 is 0 Å². The lowest BCUT2D eigenvalue weighted by molar-refractivity contribution is -0.133. The number of fused-ring (bicyclic) bond motifs is 1. The summed E-state index contributed by atoms with van der Waals surface area (Å²) in [7, 11) is 0. The molecule has 1 aromatic heterocycles. The molecule has 4 nitrogen and oxygen atoms in total. The average molecular weight is 332 g/mol. The predicted molar refractivity (Wildman–Crippen MR) is 88.1 cm³/mol. The van der Waals surface area contributed by atoms with Gasteiger partial charge in [0.25, 0.3) is 0 Å². The van der Waals surface area contributed by atoms with Crippen LogP contribution in [0.5, 0.6) is 0 Å². The Hall–Kier alpha value is -0.840. The molecular weight excluding hydrogens is 309 g/mol. The van der Waals surface area contributed by atoms with Crippen LogP contribution in [0.3, 0.4) is 0 Å². The van der Waals surface area contributed by atoms with Gasteiger partial charge in [0.1, 0.15) is 0 Å². The predicted octanol–water partition coefficient (Wildman–Crippen LogP) is 2.07. The van der Waals surface area contributed by atoms with Crippen LogP contribution in [0.2, 0.25) is 0 Å². The summed E-state index contributed by atoms with van der Waals surface area (Å²) in [5, 5.41) is 3.58. The van der Waals surface area contributed by atoms with Gasteiger partial charge in [0.05, 0.1) is 6.42 Å². The summed E-state index contributed by atoms with van der Waals surface area (Å²) in [4.78, 5) is 18.6. The van der Waals surface area contributed by atoms with Crippen molar-refractivity contribution in [2.75, 3.05) is 19.6 Å². The summed E-state index contributed by atoms with van der Waals surface area (Å²) >= 11 is 0. The zero-order valence-electron chi connectivity index (χ0n) is 12.0. The number of likely N-dealkylation sites (tertiary alicyclic amines) is 1. The number of hydrogen-bond donors (Lipinski definition) is 1. The van der Waals surface area contributed by atoms with E-state index in [2.05, 4.69) is 10.3 Å². The Morgan fingerprint density at radius 1 is 1.33 bits per heavy atom. The molecule has 2 aliphatic rings. The van der Waals surface area contributed by atoms with E-state index in [1.807, 2.05) is 23.1 Å². The zero-order valence-corrected chi connectivity index (χ0v) is 13.7. The number of halogens is 2. The van der Waals surface area contributed by atoms with Crippen LogP contribution >= 0.6 is 24.8 Å². The number of pyridine rings is 1. The number of carbonyl (C=O) groups is 1. The highest BCUT2D eigenvalue weighted by Crippen LogP contribution is 2.25. The van der Waals surface area contributed by atoms with E-state index >= 15 is 0 Å². The number of nitrogens with one attached hydrogen (secondary N) is 1. The van der Waals surface area contributed by atoms with Crippen molar-refractivity contribution in [1.29, 1.82) is 0 Å². The summed E-state index contributed by atoms with van der Waals surface area (Å²) in [5.41, 5.74) is 0.872. The minimum atomic E-state index is 0. The van der Waals surface area contributed by atoms with Crippen molar-refractivity contribution in [2.24, 2.45) is 5.92 Å². The minimum absolute atomic E-state index is 0. The lowest BCUT2D eigenvalue weighted by Gasteiger charge is -2.41. The van der Waals surface area contributed by atoms with Gasteiger partial charge in [-0.1, -0.05) is 6.07 Å². The Morgan fingerprint density at radius 2 is 2.19 bits per heavy atom. The third-order valence-electron chi connectivity index (χ3n) is 4.30. The molecule has 0 aromatic carbocycles. The monoisotopic (exact) mass is 331 g/mol. The molecule has 3 rings (SSSR count). The number of piperidine rings is 2. The van der Waals surface area contributed by atoms with E-state index in [1.165, 1.54) is 12.8 Å². The molecule has 1 N–H and O–H groups in total. The molecule has 0 bridgehead atoms. The fourth-order valence-corrected chi connectivity index (χ4v) is 3.24. The van der Waals surface area contributed by atoms with E-state index in [9.17, 15) is 4.79 Å². The Bertz CT molecular complexity index is 444. The summed E-state index contributed by atoms with van der Waals surface area (Å²) < 4.78 is 0. The maximum atomic E-state index is 12.3. The number of nitrogens with zero attached hydrogens (tertiary/aromatic N) is 2. The van der Waals surface area contributed by atoms with Gasteiger partial charge in [-0.05, 0) is 43.9 Å². The smallest absolute Gasteiger partial charge is 0.228 e. The van der Waals surface area contributed by atoms with Crippen molar-refractivity contribution >= 4 is 30.7 Å². The molecule has 0 unspecified atom stereocenters. The molecule has 0 saturated carbocycles. The quantitative estimate of drug-likeness (QED) is 0.902. The molecule has 0 spiro atoms. The summed E-state index contributed by atoms with van der Waals surface area (Å²) in [6.07, 6.45) is 5.78. The van der Waals surface area contributed by atoms with Crippen LogP contribution < -0.4 is 5.32 Å². The normalized spacial score (nSPS) is 24.3. The highest BCUT2D eigenvalue weighted by molar-refractivity contribution is 5.85. The van der Waals surface area contributed by atoms with E-state index in [1.54, 1.807) is 6.20 Å². The molecule has 118 valence electrons. The van der Waals surface area contributed by atoms with E-state index in [4.69, 9.17) is 0 Å². The molecule has 2 fully saturated rings. The summed E-state index contributed by atoms with van der Waals surface area (Å²) in [6.45, 7) is 2.95. The first-order valence-electron chi connectivity index (χ1n) is 7.24. The molecule has 0 aliphatic carbocycles. The van der Waals surface area contributed by atoms with Crippen LogP contribution in [0, 0.1) is 5.92 Å². The van der Waals surface area contributed by atoms with Crippen LogP contribution in [-0.4, -0.2) is 41.5 Å². The standard InChI is InChI=1S/C15H21N3O.2ClH/c19-15(10-13-5-1-2-7-16-13)18-9-6-14-12(11-18)4-3-8-17-14;;/h1-2,5,7,12,14,17H,3-4,6,8-11H2;2*1H/t12-,14+;;/m1../s1. The Balaban J connectivity index is 0.00000110. The molecule has 1 aromatic rings. The molecule has 1 amide bonds. The Morgan fingerprint density at radius 3 is 2.95 bits per heavy atom. The van der Waals surface area contributed by atoms with Gasteiger partial charge in [0.2, 0.25) is 5.91 Å². The first-order chi connectivity index (χ1) is 9.33. The van der Waals surface area contributed by atoms with Crippen molar-refractivity contribution in [3.63, 3.8) is 0 Å². The fraction of sp³-hybridized carbons (Fsp3) is 0.600. The third-order valence-corrected chi connectivity index (χ3v) is 4.30. The van der Waals surface area contributed by atoms with Crippen LogP contribution in [0.4, 0.5) is 0 Å². The topological polar surface area (TPSA) is 45.2 Å². The van der Waals surface area contributed by atoms with E-state index in [0.717, 1.165) is 31.7 Å². The minimum Gasteiger partial charge on any atom is -0.342 e. The van der Waals surface area contributed by atoms with Gasteiger partial charge in [-0.2, -0.15) is 0 Å². The van der Waals surface area contributed by atoms with Gasteiger partial charge in [0, 0.05) is 31.0 Å².